The lowest BCUT2D eigenvalue weighted by atomic mass is 9.82. The van der Waals surface area contributed by atoms with Crippen LogP contribution >= 0.6 is 0 Å². The SMILES string of the molecule is CC1(C)c2cc3c(cc2-c2c1ccc1ccccc21)c1ccccc1n3-c1ccc(C2C(c3ccccc3)n3c4ccccc4n32)cc1. The fourth-order valence-corrected chi connectivity index (χ4v) is 9.17. The van der Waals surface area contributed by atoms with Crippen LogP contribution in [0.5, 0.6) is 0 Å². The highest BCUT2D eigenvalue weighted by Crippen LogP contribution is 2.54. The normalized spacial score (nSPS) is 17.5. The zero-order valence-electron chi connectivity index (χ0n) is 26.9. The Morgan fingerprint density at radius 3 is 1.79 bits per heavy atom. The highest BCUT2D eigenvalue weighted by molar-refractivity contribution is 6.13. The first-order valence-electron chi connectivity index (χ1n) is 17.0. The van der Waals surface area contributed by atoms with E-state index in [1.807, 2.05) is 0 Å². The molecule has 0 amide bonds. The summed E-state index contributed by atoms with van der Waals surface area (Å²) in [5, 5.41) is 5.24. The molecular weight excluding hydrogens is 583 g/mol. The van der Waals surface area contributed by atoms with E-state index in [9.17, 15) is 0 Å². The molecule has 0 bridgehead atoms. The van der Waals surface area contributed by atoms with Gasteiger partial charge in [0.2, 0.25) is 0 Å². The Hall–Kier alpha value is -5.80. The second kappa shape index (κ2) is 9.17. The molecule has 228 valence electrons. The van der Waals surface area contributed by atoms with Crippen molar-refractivity contribution in [2.24, 2.45) is 0 Å². The molecule has 1 aliphatic heterocycles. The first-order valence-corrected chi connectivity index (χ1v) is 17.0. The molecular formula is C45H33N3. The van der Waals surface area contributed by atoms with Gasteiger partial charge in [0, 0.05) is 21.9 Å². The van der Waals surface area contributed by atoms with Gasteiger partial charge in [-0.05, 0) is 86.6 Å². The van der Waals surface area contributed by atoms with Crippen molar-refractivity contribution in [1.29, 1.82) is 0 Å². The molecule has 2 unspecified atom stereocenters. The maximum absolute atomic E-state index is 2.49. The van der Waals surface area contributed by atoms with E-state index in [4.69, 9.17) is 0 Å². The lowest BCUT2D eigenvalue weighted by Gasteiger charge is -2.50. The van der Waals surface area contributed by atoms with Crippen molar-refractivity contribution < 1.29 is 0 Å². The van der Waals surface area contributed by atoms with Gasteiger partial charge in [0.15, 0.2) is 0 Å². The van der Waals surface area contributed by atoms with E-state index in [0.29, 0.717) is 0 Å². The number of fused-ring (bicyclic) bond motifs is 12. The number of hydrogen-bond donors (Lipinski definition) is 0. The van der Waals surface area contributed by atoms with Crippen molar-refractivity contribution in [3.8, 4) is 16.8 Å². The van der Waals surface area contributed by atoms with Crippen LogP contribution in [-0.2, 0) is 5.41 Å². The molecule has 0 spiro atoms. The number of rotatable bonds is 3. The van der Waals surface area contributed by atoms with Crippen LogP contribution in [0.2, 0.25) is 0 Å². The monoisotopic (exact) mass is 615 g/mol. The minimum Gasteiger partial charge on any atom is -0.309 e. The molecule has 0 N–H and O–H groups in total. The zero-order valence-corrected chi connectivity index (χ0v) is 26.9. The van der Waals surface area contributed by atoms with Crippen LogP contribution in [0.4, 0.5) is 0 Å². The minimum absolute atomic E-state index is 0.0932. The van der Waals surface area contributed by atoms with E-state index in [-0.39, 0.29) is 17.5 Å². The Morgan fingerprint density at radius 1 is 0.458 bits per heavy atom. The van der Waals surface area contributed by atoms with Gasteiger partial charge >= 0.3 is 0 Å². The second-order valence-electron chi connectivity index (χ2n) is 14.2. The van der Waals surface area contributed by atoms with E-state index < -0.39 is 0 Å². The van der Waals surface area contributed by atoms with Crippen LogP contribution in [0, 0.1) is 0 Å². The first kappa shape index (κ1) is 26.3. The maximum atomic E-state index is 2.49. The molecule has 1 aliphatic carbocycles. The molecule has 2 aliphatic rings. The largest absolute Gasteiger partial charge is 0.309 e. The van der Waals surface area contributed by atoms with Gasteiger partial charge in [0.05, 0.1) is 22.1 Å². The molecule has 2 atom stereocenters. The molecule has 7 aromatic carbocycles. The average Bonchev–Trinajstić information content (AvgIpc) is 3.56. The van der Waals surface area contributed by atoms with Crippen molar-refractivity contribution in [2.75, 3.05) is 0 Å². The topological polar surface area (TPSA) is 14.8 Å². The Balaban J connectivity index is 1.09. The third kappa shape index (κ3) is 3.23. The third-order valence-electron chi connectivity index (χ3n) is 11.4. The van der Waals surface area contributed by atoms with Crippen molar-refractivity contribution in [3.63, 3.8) is 0 Å². The second-order valence-corrected chi connectivity index (χ2v) is 14.2. The number of hydrogen-bond acceptors (Lipinski definition) is 0. The van der Waals surface area contributed by atoms with Crippen LogP contribution in [0.1, 0.15) is 48.2 Å². The molecule has 0 fully saturated rings. The molecule has 2 aromatic heterocycles. The first-order chi connectivity index (χ1) is 23.6. The fraction of sp³-hybridized carbons (Fsp3) is 0.111. The Kier molecular flexibility index (Phi) is 5.02. The highest BCUT2D eigenvalue weighted by atomic mass is 15.5. The molecule has 9 aromatic rings. The predicted molar refractivity (Wildman–Crippen MR) is 198 cm³/mol. The standard InChI is InChI=1S/C45H33N3/c1-45(2)36-25-22-28-12-6-7-15-32(28)42(36)35-26-34-33-16-8-9-17-38(33)46(41(34)27-37(35)45)31-23-20-30(21-24-31)44-43(29-13-4-3-5-14-29)47-39-18-10-11-19-40(39)48(44)47/h3-27,43-44H,1-2H3. The summed E-state index contributed by atoms with van der Waals surface area (Å²) < 4.78 is 7.40. The smallest absolute Gasteiger partial charge is 0.102 e. The van der Waals surface area contributed by atoms with Crippen molar-refractivity contribution in [2.45, 2.75) is 31.3 Å². The highest BCUT2D eigenvalue weighted by Gasteiger charge is 2.43. The van der Waals surface area contributed by atoms with Gasteiger partial charge in [0.25, 0.3) is 0 Å². The van der Waals surface area contributed by atoms with E-state index in [1.54, 1.807) is 0 Å². The van der Waals surface area contributed by atoms with E-state index in [0.717, 1.165) is 0 Å². The molecule has 0 radical (unpaired) electrons. The summed E-state index contributed by atoms with van der Waals surface area (Å²) in [6.07, 6.45) is 0. The van der Waals surface area contributed by atoms with Crippen LogP contribution in [-0.4, -0.2) is 13.9 Å². The number of para-hydroxylation sites is 3. The number of nitrogens with zero attached hydrogens (tertiary/aromatic N) is 3. The van der Waals surface area contributed by atoms with Gasteiger partial charge in [-0.2, -0.15) is 0 Å². The Morgan fingerprint density at radius 2 is 1.06 bits per heavy atom. The summed E-state index contributed by atoms with van der Waals surface area (Å²) in [5.74, 6) is 0. The predicted octanol–water partition coefficient (Wildman–Crippen LogP) is 11.2. The molecule has 3 heteroatoms. The molecule has 11 rings (SSSR count). The van der Waals surface area contributed by atoms with Gasteiger partial charge < -0.3 is 4.57 Å². The van der Waals surface area contributed by atoms with E-state index >= 15 is 0 Å². The maximum Gasteiger partial charge on any atom is 0.102 e. The van der Waals surface area contributed by atoms with Gasteiger partial charge in [-0.3, -0.25) is 9.36 Å². The summed E-state index contributed by atoms with van der Waals surface area (Å²) in [7, 11) is 0. The minimum atomic E-state index is -0.0932. The van der Waals surface area contributed by atoms with Crippen molar-refractivity contribution in [1.82, 2.24) is 13.9 Å². The zero-order chi connectivity index (χ0) is 31.7. The molecule has 0 saturated heterocycles. The van der Waals surface area contributed by atoms with E-state index in [1.165, 1.54) is 82.7 Å². The lowest BCUT2D eigenvalue weighted by Crippen LogP contribution is -2.46. The van der Waals surface area contributed by atoms with Gasteiger partial charge in [-0.15, -0.1) is 0 Å². The molecule has 48 heavy (non-hydrogen) atoms. The Labute approximate surface area is 278 Å². The summed E-state index contributed by atoms with van der Waals surface area (Å²) in [4.78, 5) is 0. The van der Waals surface area contributed by atoms with Crippen molar-refractivity contribution in [3.05, 3.63) is 174 Å². The third-order valence-corrected chi connectivity index (χ3v) is 11.4. The van der Waals surface area contributed by atoms with E-state index in [2.05, 4.69) is 179 Å². The van der Waals surface area contributed by atoms with Crippen LogP contribution in [0.15, 0.2) is 152 Å². The number of benzene rings is 7. The fourth-order valence-electron chi connectivity index (χ4n) is 9.17. The molecule has 3 nitrogen and oxygen atoms in total. The Bertz CT molecular complexity index is 2750. The quantitative estimate of drug-likeness (QED) is 0.188. The van der Waals surface area contributed by atoms with Gasteiger partial charge in [-0.25, -0.2) is 0 Å². The number of aromatic nitrogens is 3. The summed E-state index contributed by atoms with van der Waals surface area (Å²) in [6, 6.07) is 57.0. The summed E-state index contributed by atoms with van der Waals surface area (Å²) >= 11 is 0. The molecule has 0 saturated carbocycles. The van der Waals surface area contributed by atoms with Crippen LogP contribution in [0.25, 0.3) is 60.4 Å². The van der Waals surface area contributed by atoms with Crippen molar-refractivity contribution >= 4 is 43.6 Å². The van der Waals surface area contributed by atoms with Crippen LogP contribution < -0.4 is 0 Å². The molecule has 3 heterocycles. The van der Waals surface area contributed by atoms with Gasteiger partial charge in [-0.1, -0.05) is 123 Å². The summed E-state index contributed by atoms with van der Waals surface area (Å²) in [6.45, 7) is 4.78. The van der Waals surface area contributed by atoms with Gasteiger partial charge in [0.1, 0.15) is 12.1 Å². The lowest BCUT2D eigenvalue weighted by molar-refractivity contribution is 0.202. The van der Waals surface area contributed by atoms with Crippen LogP contribution in [0.3, 0.4) is 0 Å². The average molecular weight is 616 g/mol. The summed E-state index contributed by atoms with van der Waals surface area (Å²) in [5.41, 5.74) is 14.5.